The van der Waals surface area contributed by atoms with Crippen LogP contribution in [-0.4, -0.2) is 25.1 Å². The summed E-state index contributed by atoms with van der Waals surface area (Å²) in [7, 11) is 0.358. The summed E-state index contributed by atoms with van der Waals surface area (Å²) in [6.07, 6.45) is 1.29. The number of hydrogen-bond acceptors (Lipinski definition) is 3. The summed E-state index contributed by atoms with van der Waals surface area (Å²) in [5.74, 6) is -0.493. The number of carboxylic acid groups (broad SMARTS) is 1. The van der Waals surface area contributed by atoms with Crippen LogP contribution in [0.3, 0.4) is 0 Å². The second kappa shape index (κ2) is 6.22. The van der Waals surface area contributed by atoms with Crippen LogP contribution < -0.4 is 0 Å². The molecule has 0 spiro atoms. The highest BCUT2D eigenvalue weighted by atomic mass is 32.2. The number of carbonyl (C=O) groups is 1. The molecular formula is C15H18N2O3S. The Kier molecular flexibility index (Phi) is 4.57. The van der Waals surface area contributed by atoms with Gasteiger partial charge in [-0.3, -0.25) is 8.89 Å². The van der Waals surface area contributed by atoms with Crippen LogP contribution >= 0.6 is 0 Å². The van der Waals surface area contributed by atoms with Crippen LogP contribution in [0.15, 0.2) is 35.4 Å². The molecule has 0 saturated carbocycles. The molecule has 21 heavy (non-hydrogen) atoms. The first-order valence-electron chi connectivity index (χ1n) is 6.62. The van der Waals surface area contributed by atoms with Gasteiger partial charge in [0.15, 0.2) is 0 Å². The van der Waals surface area contributed by atoms with Crippen LogP contribution in [0.5, 0.6) is 0 Å². The van der Waals surface area contributed by atoms with Gasteiger partial charge in [-0.25, -0.2) is 4.79 Å². The van der Waals surface area contributed by atoms with E-state index < -0.39 is 16.8 Å². The minimum atomic E-state index is -1.30. The molecule has 6 heteroatoms. The Morgan fingerprint density at radius 1 is 1.33 bits per heavy atom. The van der Waals surface area contributed by atoms with E-state index in [1.54, 1.807) is 7.05 Å². The third-order valence-electron chi connectivity index (χ3n) is 3.37. The molecule has 1 heterocycles. The number of nitrogens with zero attached hydrogens (tertiary/aromatic N) is 2. The molecule has 0 aliphatic rings. The smallest absolute Gasteiger partial charge is 0.339 e. The molecule has 2 rings (SSSR count). The van der Waals surface area contributed by atoms with Gasteiger partial charge in [0.2, 0.25) is 0 Å². The van der Waals surface area contributed by atoms with E-state index >= 15 is 0 Å². The molecule has 0 aliphatic carbocycles. The van der Waals surface area contributed by atoms with Gasteiger partial charge < -0.3 is 5.11 Å². The summed E-state index contributed by atoms with van der Waals surface area (Å²) in [5.41, 5.74) is 1.75. The van der Waals surface area contributed by atoms with Gasteiger partial charge in [0, 0.05) is 11.9 Å². The van der Waals surface area contributed by atoms with Gasteiger partial charge in [-0.05, 0) is 23.6 Å². The first kappa shape index (κ1) is 15.4. The second-order valence-corrected chi connectivity index (χ2v) is 6.60. The molecule has 2 aromatic rings. The van der Waals surface area contributed by atoms with Crippen molar-refractivity contribution in [2.75, 3.05) is 0 Å². The first-order valence-corrected chi connectivity index (χ1v) is 7.94. The number of aromatic carboxylic acids is 1. The van der Waals surface area contributed by atoms with Crippen molar-refractivity contribution in [1.29, 1.82) is 0 Å². The summed E-state index contributed by atoms with van der Waals surface area (Å²) in [6.45, 7) is 4.20. The number of hydrogen-bond donors (Lipinski definition) is 1. The van der Waals surface area contributed by atoms with Crippen molar-refractivity contribution < 1.29 is 14.1 Å². The van der Waals surface area contributed by atoms with Crippen molar-refractivity contribution in [3.05, 3.63) is 47.3 Å². The molecule has 1 N–H and O–H groups in total. The molecule has 1 atom stereocenters. The van der Waals surface area contributed by atoms with Gasteiger partial charge in [-0.2, -0.15) is 5.10 Å². The molecular weight excluding hydrogens is 288 g/mol. The van der Waals surface area contributed by atoms with Gasteiger partial charge in [0.1, 0.15) is 5.56 Å². The lowest BCUT2D eigenvalue weighted by molar-refractivity contribution is 0.0696. The van der Waals surface area contributed by atoms with Crippen LogP contribution in [0.2, 0.25) is 0 Å². The maximum absolute atomic E-state index is 12.4. The predicted octanol–water partition coefficient (Wildman–Crippen LogP) is 2.55. The third-order valence-corrected chi connectivity index (χ3v) is 4.70. The van der Waals surface area contributed by atoms with E-state index in [0.717, 1.165) is 0 Å². The molecule has 0 bridgehead atoms. The Morgan fingerprint density at radius 2 is 1.95 bits per heavy atom. The van der Waals surface area contributed by atoms with Crippen LogP contribution in [0.25, 0.3) is 0 Å². The lowest BCUT2D eigenvalue weighted by atomic mass is 10.0. The molecule has 112 valence electrons. The maximum Gasteiger partial charge on any atom is 0.339 e. The van der Waals surface area contributed by atoms with Crippen LogP contribution in [0.1, 0.15) is 41.4 Å². The lowest BCUT2D eigenvalue weighted by Gasteiger charge is -2.08. The van der Waals surface area contributed by atoms with Crippen molar-refractivity contribution in [1.82, 2.24) is 9.78 Å². The van der Waals surface area contributed by atoms with Crippen molar-refractivity contribution in [3.63, 3.8) is 0 Å². The van der Waals surface area contributed by atoms with E-state index in [2.05, 4.69) is 18.9 Å². The van der Waals surface area contributed by atoms with E-state index in [9.17, 15) is 9.00 Å². The van der Waals surface area contributed by atoms with Crippen molar-refractivity contribution in [2.45, 2.75) is 30.4 Å². The Labute approximate surface area is 126 Å². The molecule has 0 saturated heterocycles. The largest absolute Gasteiger partial charge is 0.478 e. The average molecular weight is 306 g/mol. The van der Waals surface area contributed by atoms with E-state index in [-0.39, 0.29) is 11.3 Å². The average Bonchev–Trinajstić information content (AvgIpc) is 2.80. The highest BCUT2D eigenvalue weighted by molar-refractivity contribution is 7.84. The third kappa shape index (κ3) is 3.39. The minimum Gasteiger partial charge on any atom is -0.478 e. The zero-order chi connectivity index (χ0) is 15.6. The SMILES string of the molecule is CC(C)c1ccc(S(=O)Cc2c(C(=O)O)cnn2C)cc1. The van der Waals surface area contributed by atoms with Gasteiger partial charge >= 0.3 is 5.97 Å². The summed E-state index contributed by atoms with van der Waals surface area (Å²) in [4.78, 5) is 11.8. The Bertz CT molecular complexity index is 675. The summed E-state index contributed by atoms with van der Waals surface area (Å²) in [5, 5.41) is 13.0. The predicted molar refractivity (Wildman–Crippen MR) is 80.8 cm³/mol. The molecule has 5 nitrogen and oxygen atoms in total. The fourth-order valence-electron chi connectivity index (χ4n) is 2.02. The first-order chi connectivity index (χ1) is 9.90. The molecule has 0 aliphatic heterocycles. The summed E-state index contributed by atoms with van der Waals surface area (Å²) >= 11 is 0. The number of benzene rings is 1. The monoisotopic (exact) mass is 306 g/mol. The molecule has 1 unspecified atom stereocenters. The highest BCUT2D eigenvalue weighted by Crippen LogP contribution is 2.19. The van der Waals surface area contributed by atoms with Crippen LogP contribution in [0, 0.1) is 0 Å². The summed E-state index contributed by atoms with van der Waals surface area (Å²) < 4.78 is 13.9. The van der Waals surface area contributed by atoms with Crippen molar-refractivity contribution in [3.8, 4) is 0 Å². The van der Waals surface area contributed by atoms with E-state index in [0.29, 0.717) is 16.5 Å². The topological polar surface area (TPSA) is 72.2 Å². The number of carboxylic acids is 1. The molecule has 0 amide bonds. The quantitative estimate of drug-likeness (QED) is 0.921. The van der Waals surface area contributed by atoms with Crippen molar-refractivity contribution >= 4 is 16.8 Å². The Morgan fingerprint density at radius 3 is 2.48 bits per heavy atom. The highest BCUT2D eigenvalue weighted by Gasteiger charge is 2.18. The minimum absolute atomic E-state index is 0.102. The molecule has 0 radical (unpaired) electrons. The van der Waals surface area contributed by atoms with Crippen LogP contribution in [-0.2, 0) is 23.6 Å². The normalized spacial score (nSPS) is 12.6. The van der Waals surface area contributed by atoms with E-state index in [4.69, 9.17) is 5.11 Å². The molecule has 1 aromatic heterocycles. The maximum atomic E-state index is 12.4. The van der Waals surface area contributed by atoms with Gasteiger partial charge in [0.25, 0.3) is 0 Å². The lowest BCUT2D eigenvalue weighted by Crippen LogP contribution is -2.08. The van der Waals surface area contributed by atoms with Crippen LogP contribution in [0.4, 0.5) is 0 Å². The van der Waals surface area contributed by atoms with Gasteiger partial charge in [-0.15, -0.1) is 0 Å². The number of aromatic nitrogens is 2. The van der Waals surface area contributed by atoms with E-state index in [1.807, 2.05) is 24.3 Å². The second-order valence-electron chi connectivity index (χ2n) is 5.15. The Hall–Kier alpha value is -1.95. The van der Waals surface area contributed by atoms with Crippen molar-refractivity contribution in [2.24, 2.45) is 7.05 Å². The Balaban J connectivity index is 2.22. The zero-order valence-electron chi connectivity index (χ0n) is 12.2. The number of aryl methyl sites for hydroxylation is 1. The summed E-state index contributed by atoms with van der Waals surface area (Å²) in [6, 6.07) is 7.59. The molecule has 1 aromatic carbocycles. The number of rotatable bonds is 5. The van der Waals surface area contributed by atoms with Gasteiger partial charge in [-0.1, -0.05) is 26.0 Å². The zero-order valence-corrected chi connectivity index (χ0v) is 13.1. The van der Waals surface area contributed by atoms with E-state index in [1.165, 1.54) is 16.4 Å². The fourth-order valence-corrected chi connectivity index (χ4v) is 3.22. The molecule has 0 fully saturated rings. The van der Waals surface area contributed by atoms with Gasteiger partial charge in [0.05, 0.1) is 28.4 Å². The standard InChI is InChI=1S/C15H18N2O3S/c1-10(2)11-4-6-12(7-5-11)21(20)9-14-13(15(18)19)8-16-17(14)3/h4-8,10H,9H2,1-3H3,(H,18,19). The fraction of sp³-hybridized carbons (Fsp3) is 0.333.